The van der Waals surface area contributed by atoms with E-state index in [4.69, 9.17) is 37.9 Å². The van der Waals surface area contributed by atoms with Gasteiger partial charge in [-0.2, -0.15) is 0 Å². The van der Waals surface area contributed by atoms with Gasteiger partial charge in [0, 0.05) is 123 Å². The molecule has 0 aromatic heterocycles. The van der Waals surface area contributed by atoms with E-state index in [0.717, 1.165) is 65.9 Å². The van der Waals surface area contributed by atoms with Crippen LogP contribution >= 0.6 is 0 Å². The highest BCUT2D eigenvalue weighted by atomic mass is 16.5. The predicted octanol–water partition coefficient (Wildman–Crippen LogP) is 42.2. The van der Waals surface area contributed by atoms with Gasteiger partial charge >= 0.3 is 0 Å². The molecule has 0 saturated carbocycles. The molecule has 0 fully saturated rings. The Morgan fingerprint density at radius 3 is 0.282 bits per heavy atom. The van der Waals surface area contributed by atoms with Gasteiger partial charge < -0.3 is 42.6 Å². The normalized spacial score (nSPS) is 9.53. The molecule has 0 unspecified atom stereocenters. The van der Waals surface area contributed by atoms with E-state index >= 15 is 0 Å². The minimum atomic E-state index is 0.819. The lowest BCUT2D eigenvalue weighted by molar-refractivity contribution is 0.192. The van der Waals surface area contributed by atoms with Crippen molar-refractivity contribution in [2.45, 2.75) is 635 Å². The molecular weight excluding hydrogens is 1530 g/mol. The first-order valence-corrected chi connectivity index (χ1v) is 55.9. The lowest BCUT2D eigenvalue weighted by Gasteiger charge is -2.00. The second-order valence-electron chi connectivity index (χ2n) is 33.6. The topological polar surface area (TPSA) is 83.1 Å². The lowest BCUT2D eigenvalue weighted by Crippen LogP contribution is -1.88. The van der Waals surface area contributed by atoms with Crippen LogP contribution in [0.5, 0.6) is 0 Å². The summed E-state index contributed by atoms with van der Waals surface area (Å²) in [5.41, 5.74) is 0. The van der Waals surface area contributed by atoms with Crippen LogP contribution in [0.4, 0.5) is 0 Å². The number of methoxy groups -OCH3 is 9. The Labute approximate surface area is 796 Å². The summed E-state index contributed by atoms with van der Waals surface area (Å²) in [6.07, 6.45) is 98.3. The summed E-state index contributed by atoms with van der Waals surface area (Å²) in [6, 6.07) is 0. The van der Waals surface area contributed by atoms with E-state index in [-0.39, 0.29) is 0 Å². The van der Waals surface area contributed by atoms with Gasteiger partial charge in [0.2, 0.25) is 0 Å². The molecule has 124 heavy (non-hydrogen) atoms. The van der Waals surface area contributed by atoms with Crippen molar-refractivity contribution < 1.29 is 42.6 Å². The first-order valence-electron chi connectivity index (χ1n) is 55.9. The fourth-order valence-corrected chi connectivity index (χ4v) is 10.7. The number of hydrogen-bond donors (Lipinski definition) is 0. The largest absolute Gasteiger partial charge is 0.385 e. The summed E-state index contributed by atoms with van der Waals surface area (Å²) >= 11 is 0. The molecule has 0 atom stereocenters. The Bertz CT molecular complexity index is 1060. The van der Waals surface area contributed by atoms with Crippen LogP contribution in [0.2, 0.25) is 0 Å². The van der Waals surface area contributed by atoms with Crippen LogP contribution in [0.1, 0.15) is 635 Å². The summed E-state index contributed by atoms with van der Waals surface area (Å²) in [7, 11) is 15.7. The molecule has 0 aliphatic rings. The Balaban J connectivity index is -0.0000000660. The molecule has 0 aromatic carbocycles. The van der Waals surface area contributed by atoms with Crippen molar-refractivity contribution >= 4 is 0 Å². The minimum Gasteiger partial charge on any atom is -0.385 e. The standard InChI is InChI=1S/C11H24O.C10H22O.C10H22.C9H20O.C9H20.C8H18O.C8H18.C7H16O.C7H16.C6H14O.C6H14.C5H12O.C5H12.C4H10O.C4H10.C3H8O.C3H8/c1-3-4-5-6-7-8-9-10-11-12-2;1-3-4-5-6-7-8-9-10-11-2;1-3-5-7-9-10-8-6-4-2;1-3-4-5-6-7-8-9-10-2;1-3-5-7-9-8-6-4-2;1-3-4-5-6-7-8-9-2;1-3-5-7-8-6-4-2;1-3-4-5-6-7-8-2;1-3-5-7-6-4-2;1-3-4-5-6-7-2;1-3-5-6-4-2;1-3-4-5-6-2;1-3-5-4-2;1-3-4-5-2;2*1-3-4-2;1-3-2/h3-11H2,1-2H3;3-10H2,1-2H3;3-10H2,1-2H3;3-9H2,1-2H3;3-9H2,1-2H3;3-8H2,1-2H3;3-8H2,1-2H3;3-7H2,1-2H3;3-7H2,1-2H3;3-6H2,1-2H3;3-6H2,1-2H3;3-5H2,1-2H3;3-5H2,1-2H3;3-4H2,1-2H3;3-4H2,1-2H3;3H2,1-2H3;3H2,1-2H3. The molecule has 0 bridgehead atoms. The van der Waals surface area contributed by atoms with Crippen LogP contribution < -0.4 is 0 Å². The Morgan fingerprint density at radius 1 is 0.0887 bits per heavy atom. The van der Waals surface area contributed by atoms with E-state index in [9.17, 15) is 0 Å². The van der Waals surface area contributed by atoms with Crippen molar-refractivity contribution in [3.63, 3.8) is 0 Å². The van der Waals surface area contributed by atoms with E-state index < -0.39 is 0 Å². The molecule has 0 spiro atoms. The van der Waals surface area contributed by atoms with Crippen molar-refractivity contribution in [1.82, 2.24) is 0 Å². The molecule has 0 heterocycles. The molecule has 0 rings (SSSR count). The Kier molecular flexibility index (Phi) is 298. The van der Waals surface area contributed by atoms with Crippen molar-refractivity contribution in [2.75, 3.05) is 123 Å². The van der Waals surface area contributed by atoms with E-state index in [1.54, 1.807) is 64.0 Å². The van der Waals surface area contributed by atoms with E-state index in [2.05, 4.69) is 171 Å². The maximum absolute atomic E-state index is 4.99. The zero-order valence-corrected chi connectivity index (χ0v) is 94.9. The summed E-state index contributed by atoms with van der Waals surface area (Å²) in [6.45, 7) is 63.4. The minimum absolute atomic E-state index is 0.819. The zero-order chi connectivity index (χ0) is 97.6. The van der Waals surface area contributed by atoms with Crippen LogP contribution in [0, 0.1) is 0 Å². The molecule has 0 aromatic rings. The zero-order valence-electron chi connectivity index (χ0n) is 94.9. The smallest absolute Gasteiger partial charge is 0.0462 e. The van der Waals surface area contributed by atoms with Gasteiger partial charge in [-0.05, 0) is 58.3 Å². The molecule has 0 amide bonds. The van der Waals surface area contributed by atoms with Gasteiger partial charge in [0.05, 0.1) is 0 Å². The number of hydrogen-bond acceptors (Lipinski definition) is 9. The number of unbranched alkanes of at least 4 members (excludes halogenated alkanes) is 56. The molecule has 9 heteroatoms. The van der Waals surface area contributed by atoms with E-state index in [1.807, 2.05) is 6.92 Å². The summed E-state index contributed by atoms with van der Waals surface area (Å²) in [5, 5.41) is 0. The molecular formula is C115H264O9. The second kappa shape index (κ2) is 226. The number of ether oxygens (including phenoxy) is 9. The molecule has 0 N–H and O–H groups in total. The molecule has 0 aliphatic heterocycles. The van der Waals surface area contributed by atoms with Crippen LogP contribution in [0.3, 0.4) is 0 Å². The van der Waals surface area contributed by atoms with Crippen molar-refractivity contribution in [3.8, 4) is 0 Å². The third kappa shape index (κ3) is 336. The van der Waals surface area contributed by atoms with E-state index in [1.165, 1.54) is 456 Å². The third-order valence-electron chi connectivity index (χ3n) is 19.4. The first kappa shape index (κ1) is 164. The van der Waals surface area contributed by atoms with Gasteiger partial charge in [0.1, 0.15) is 0 Å². The van der Waals surface area contributed by atoms with Gasteiger partial charge in [-0.15, -0.1) is 0 Å². The van der Waals surface area contributed by atoms with Crippen LogP contribution in [-0.2, 0) is 42.6 Å². The average molecular weight is 1790 g/mol. The summed E-state index contributed by atoms with van der Waals surface area (Å²) in [4.78, 5) is 0. The highest BCUT2D eigenvalue weighted by molar-refractivity contribution is 4.49. The van der Waals surface area contributed by atoms with Crippen molar-refractivity contribution in [2.24, 2.45) is 0 Å². The Hall–Kier alpha value is -0.360. The molecule has 9 nitrogen and oxygen atoms in total. The predicted molar refractivity (Wildman–Crippen MR) is 581 cm³/mol. The highest BCUT2D eigenvalue weighted by Crippen LogP contribution is 2.12. The Morgan fingerprint density at radius 2 is 0.185 bits per heavy atom. The third-order valence-corrected chi connectivity index (χ3v) is 19.4. The van der Waals surface area contributed by atoms with Gasteiger partial charge in [-0.3, -0.25) is 0 Å². The van der Waals surface area contributed by atoms with E-state index in [0.29, 0.717) is 0 Å². The molecule has 0 saturated heterocycles. The average Bonchev–Trinajstić information content (AvgIpc) is 1.26. The van der Waals surface area contributed by atoms with Gasteiger partial charge in [-0.25, -0.2) is 0 Å². The monoisotopic (exact) mass is 1790 g/mol. The number of rotatable bonds is 73. The molecule has 778 valence electrons. The molecule has 0 aliphatic carbocycles. The summed E-state index contributed by atoms with van der Waals surface area (Å²) in [5.74, 6) is 0. The summed E-state index contributed by atoms with van der Waals surface area (Å²) < 4.78 is 43.6. The maximum Gasteiger partial charge on any atom is 0.0462 e. The van der Waals surface area contributed by atoms with Gasteiger partial charge in [0.15, 0.2) is 0 Å². The van der Waals surface area contributed by atoms with Crippen LogP contribution in [0.25, 0.3) is 0 Å². The van der Waals surface area contributed by atoms with Gasteiger partial charge in [0.25, 0.3) is 0 Å². The fraction of sp³-hybridized carbons (Fsp3) is 1.00. The first-order chi connectivity index (χ1) is 60.5. The van der Waals surface area contributed by atoms with Crippen LogP contribution in [-0.4, -0.2) is 123 Å². The fourth-order valence-electron chi connectivity index (χ4n) is 10.7. The SMILES string of the molecule is CCC.CCCC.CCCCC.CCCCCC.CCCCCCC.CCCCCCCC.CCCCCCCCC.CCCCCCCCCC.CCCCCCCCCCOC.CCCCCCCCCOC.CCCCCCCCOC.CCCCCCCOC.CCCCCCOC.CCCCCOC.CCCCOC.CCCOC.CCOC. The van der Waals surface area contributed by atoms with Gasteiger partial charge in [-0.1, -0.05) is 577 Å². The highest BCUT2D eigenvalue weighted by Gasteiger charge is 1.94. The van der Waals surface area contributed by atoms with Crippen molar-refractivity contribution in [1.29, 1.82) is 0 Å². The second-order valence-corrected chi connectivity index (χ2v) is 33.6. The maximum atomic E-state index is 4.99. The van der Waals surface area contributed by atoms with Crippen LogP contribution in [0.15, 0.2) is 0 Å². The van der Waals surface area contributed by atoms with Crippen molar-refractivity contribution in [3.05, 3.63) is 0 Å². The lowest BCUT2D eigenvalue weighted by atomic mass is 10.1. The quantitative estimate of drug-likeness (QED) is 0.0553. The molecule has 0 radical (unpaired) electrons.